The Kier molecular flexibility index (Phi) is 13.9. The Morgan fingerprint density at radius 2 is 1.69 bits per heavy atom. The van der Waals surface area contributed by atoms with Gasteiger partial charge in [0, 0.05) is 48.8 Å². The molecule has 3 atom stereocenters. The highest BCUT2D eigenvalue weighted by atomic mass is 28.1. The van der Waals surface area contributed by atoms with Crippen LogP contribution in [0.2, 0.25) is 5.54 Å². The summed E-state index contributed by atoms with van der Waals surface area (Å²) < 4.78 is 41.5. The molecule has 0 aliphatic carbocycles. The third-order valence-electron chi connectivity index (χ3n) is 9.74. The molecule has 1 aliphatic rings. The van der Waals surface area contributed by atoms with Gasteiger partial charge in [-0.05, 0) is 128 Å². The molecule has 3 radical (unpaired) electrons. The molecule has 2 heterocycles. The van der Waals surface area contributed by atoms with E-state index in [-0.39, 0.29) is 37.6 Å². The summed E-state index contributed by atoms with van der Waals surface area (Å²) in [5.41, 5.74) is 5.03. The molecule has 1 fully saturated rings. The molecular weight excluding hydrogens is 669 g/mol. The van der Waals surface area contributed by atoms with Gasteiger partial charge in [0.1, 0.15) is 23.8 Å². The second kappa shape index (κ2) is 17.7. The molecule has 275 valence electrons. The third-order valence-corrected chi connectivity index (χ3v) is 10.3. The predicted molar refractivity (Wildman–Crippen MR) is 197 cm³/mol. The Morgan fingerprint density at radius 3 is 2.27 bits per heavy atom. The number of rotatable bonds is 17. The van der Waals surface area contributed by atoms with E-state index in [1.54, 1.807) is 33.1 Å². The van der Waals surface area contributed by atoms with E-state index in [2.05, 4.69) is 10.2 Å². The highest BCUT2D eigenvalue weighted by Gasteiger charge is 2.32. The number of nitrogens with zero attached hydrogens (tertiary/aromatic N) is 3. The van der Waals surface area contributed by atoms with E-state index < -0.39 is 41.0 Å². The monoisotopic (exact) mass is 720 g/mol. The average Bonchev–Trinajstić information content (AvgIpc) is 3.03. The molecule has 11 heteroatoms. The maximum absolute atomic E-state index is 16.1. The standard InChI is InChI=1S/C40H52F2N3O5Si/c1-9-50-37(48)20-28(32-19-29(15-27(7)39(32)42)38-25(5)16-31(49-8)17-26(38)6)10-11-34(46)40(35(51)14-23(2)3)45-36(47)18-24(4)33(43-45)12-13-44-21-30(41)22-44/h15-19,23,28,30,35,40H,9-14,20-22H2,1-8H3/t28-,35?,40+/m0/s1. The van der Waals surface area contributed by atoms with Crippen LogP contribution in [0, 0.1) is 39.4 Å². The van der Waals surface area contributed by atoms with Gasteiger partial charge in [0.25, 0.3) is 5.56 Å². The Bertz CT molecular complexity index is 1750. The third kappa shape index (κ3) is 10.0. The summed E-state index contributed by atoms with van der Waals surface area (Å²) >= 11 is 0. The molecule has 8 nitrogen and oxygen atoms in total. The van der Waals surface area contributed by atoms with E-state index >= 15 is 4.39 Å². The number of esters is 1. The zero-order chi connectivity index (χ0) is 37.6. The van der Waals surface area contributed by atoms with Crippen molar-refractivity contribution in [3.05, 3.63) is 80.0 Å². The number of ketones is 1. The molecule has 2 aromatic carbocycles. The molecule has 51 heavy (non-hydrogen) atoms. The topological polar surface area (TPSA) is 90.7 Å². The van der Waals surface area contributed by atoms with Crippen molar-refractivity contribution in [2.24, 2.45) is 5.92 Å². The number of ether oxygens (including phenoxy) is 2. The van der Waals surface area contributed by atoms with Crippen LogP contribution in [0.1, 0.15) is 91.9 Å². The summed E-state index contributed by atoms with van der Waals surface area (Å²) in [5.74, 6) is -0.883. The van der Waals surface area contributed by atoms with E-state index in [0.29, 0.717) is 49.3 Å². The highest BCUT2D eigenvalue weighted by molar-refractivity contribution is 6.14. The zero-order valence-corrected chi connectivity index (χ0v) is 32.3. The summed E-state index contributed by atoms with van der Waals surface area (Å²) in [7, 11) is 5.41. The van der Waals surface area contributed by atoms with Gasteiger partial charge >= 0.3 is 5.97 Å². The van der Waals surface area contributed by atoms with Crippen molar-refractivity contribution < 1.29 is 27.8 Å². The van der Waals surface area contributed by atoms with Gasteiger partial charge < -0.3 is 9.47 Å². The lowest BCUT2D eigenvalue weighted by Crippen LogP contribution is -2.49. The number of aryl methyl sites for hydroxylation is 4. The van der Waals surface area contributed by atoms with Gasteiger partial charge in [-0.25, -0.2) is 13.5 Å². The second-order valence-electron chi connectivity index (χ2n) is 14.4. The summed E-state index contributed by atoms with van der Waals surface area (Å²) in [6.45, 7) is 14.8. The summed E-state index contributed by atoms with van der Waals surface area (Å²) in [4.78, 5) is 42.7. The Labute approximate surface area is 304 Å². The van der Waals surface area contributed by atoms with Gasteiger partial charge in [0.2, 0.25) is 0 Å². The lowest BCUT2D eigenvalue weighted by atomic mass is 9.84. The fourth-order valence-corrected chi connectivity index (χ4v) is 7.95. The molecule has 1 aromatic heterocycles. The number of Topliss-reactive ketones (excluding diaryl/α,β-unsaturated/α-hetero) is 1. The van der Waals surface area contributed by atoms with Crippen LogP contribution >= 0.6 is 0 Å². The van der Waals surface area contributed by atoms with Crippen LogP contribution in [0.15, 0.2) is 35.1 Å². The first-order chi connectivity index (χ1) is 24.1. The number of halogens is 2. The Hall–Kier alpha value is -3.70. The molecule has 1 aliphatic heterocycles. The van der Waals surface area contributed by atoms with E-state index in [4.69, 9.17) is 14.6 Å². The Morgan fingerprint density at radius 1 is 1.02 bits per heavy atom. The van der Waals surface area contributed by atoms with Crippen LogP contribution in [-0.2, 0) is 20.7 Å². The first kappa shape index (κ1) is 40.1. The zero-order valence-electron chi connectivity index (χ0n) is 31.3. The van der Waals surface area contributed by atoms with E-state index in [9.17, 15) is 18.8 Å². The van der Waals surface area contributed by atoms with Crippen molar-refractivity contribution in [1.82, 2.24) is 14.7 Å². The fourth-order valence-electron chi connectivity index (χ4n) is 7.15. The largest absolute Gasteiger partial charge is 0.497 e. The number of aromatic nitrogens is 2. The van der Waals surface area contributed by atoms with Crippen LogP contribution in [0.25, 0.3) is 11.1 Å². The van der Waals surface area contributed by atoms with Crippen molar-refractivity contribution in [2.75, 3.05) is 33.4 Å². The smallest absolute Gasteiger partial charge is 0.306 e. The number of benzene rings is 2. The maximum Gasteiger partial charge on any atom is 0.306 e. The lowest BCUT2D eigenvalue weighted by molar-refractivity contribution is -0.143. The van der Waals surface area contributed by atoms with Gasteiger partial charge in [-0.15, -0.1) is 0 Å². The summed E-state index contributed by atoms with van der Waals surface area (Å²) in [5, 5.41) is 4.72. The average molecular weight is 721 g/mol. The van der Waals surface area contributed by atoms with Gasteiger partial charge in [-0.2, -0.15) is 5.10 Å². The molecule has 0 amide bonds. The number of carbonyl (C=O) groups is 2. The van der Waals surface area contributed by atoms with Crippen LogP contribution in [0.4, 0.5) is 8.78 Å². The second-order valence-corrected chi connectivity index (χ2v) is 15.1. The minimum absolute atomic E-state index is 0.0277. The summed E-state index contributed by atoms with van der Waals surface area (Å²) in [6.07, 6.45) is 0.308. The van der Waals surface area contributed by atoms with Gasteiger partial charge in [-0.3, -0.25) is 19.3 Å². The molecule has 3 aromatic rings. The van der Waals surface area contributed by atoms with Crippen LogP contribution < -0.4 is 10.3 Å². The molecule has 0 spiro atoms. The lowest BCUT2D eigenvalue weighted by Gasteiger charge is -2.34. The van der Waals surface area contributed by atoms with Crippen molar-refractivity contribution >= 4 is 22.0 Å². The quantitative estimate of drug-likeness (QED) is 0.108. The van der Waals surface area contributed by atoms with Crippen molar-refractivity contribution in [3.8, 4) is 16.9 Å². The van der Waals surface area contributed by atoms with Crippen molar-refractivity contribution in [1.29, 1.82) is 0 Å². The number of methoxy groups -OCH3 is 1. The van der Waals surface area contributed by atoms with Gasteiger partial charge in [-0.1, -0.05) is 13.8 Å². The van der Waals surface area contributed by atoms with Crippen LogP contribution in [-0.4, -0.2) is 76.2 Å². The van der Waals surface area contributed by atoms with Crippen molar-refractivity contribution in [2.45, 2.75) is 104 Å². The van der Waals surface area contributed by atoms with Crippen LogP contribution in [0.5, 0.6) is 5.75 Å². The van der Waals surface area contributed by atoms with E-state index in [0.717, 1.165) is 33.6 Å². The maximum atomic E-state index is 16.1. The number of likely N-dealkylation sites (tertiary alicyclic amines) is 1. The fraction of sp³-hybridized carbons (Fsp3) is 0.550. The van der Waals surface area contributed by atoms with Gasteiger partial charge in [0.15, 0.2) is 5.78 Å². The first-order valence-corrected chi connectivity index (χ1v) is 18.5. The number of carbonyl (C=O) groups excluding carboxylic acids is 2. The molecule has 0 bridgehead atoms. The molecule has 0 saturated carbocycles. The molecular formula is C40H52F2N3O5Si. The SMILES string of the molecule is CCOC(=O)C[C@H](CCC(=O)[C@H](C([Si])CC(C)C)n1nc(CCN2CC(F)C2)c(C)cc1=O)c1cc(-c2c(C)cc(OC)cc2C)cc(C)c1F. The number of alkyl halides is 1. The molecule has 1 saturated heterocycles. The van der Waals surface area contributed by atoms with Gasteiger partial charge in [0.05, 0.1) is 25.8 Å². The normalized spacial score (nSPS) is 15.4. The summed E-state index contributed by atoms with van der Waals surface area (Å²) in [6, 6.07) is 8.01. The molecule has 1 unspecified atom stereocenters. The molecule has 0 N–H and O–H groups in total. The predicted octanol–water partition coefficient (Wildman–Crippen LogP) is 7.12. The molecule has 4 rings (SSSR count). The highest BCUT2D eigenvalue weighted by Crippen LogP contribution is 2.38. The van der Waals surface area contributed by atoms with Crippen LogP contribution in [0.3, 0.4) is 0 Å². The number of hydrogen-bond donors (Lipinski definition) is 0. The Balaban J connectivity index is 1.70. The van der Waals surface area contributed by atoms with Crippen molar-refractivity contribution in [3.63, 3.8) is 0 Å². The minimum Gasteiger partial charge on any atom is -0.497 e. The number of hydrogen-bond acceptors (Lipinski definition) is 7. The van der Waals surface area contributed by atoms with E-state index in [1.165, 1.54) is 10.7 Å². The minimum atomic E-state index is -0.930. The first-order valence-electron chi connectivity index (χ1n) is 17.9. The van der Waals surface area contributed by atoms with E-state index in [1.807, 2.05) is 51.7 Å².